The summed E-state index contributed by atoms with van der Waals surface area (Å²) >= 11 is 1.48. The van der Waals surface area contributed by atoms with Crippen molar-refractivity contribution in [1.29, 1.82) is 0 Å². The van der Waals surface area contributed by atoms with Crippen LogP contribution in [-0.4, -0.2) is 37.6 Å². The second kappa shape index (κ2) is 4.78. The van der Waals surface area contributed by atoms with Gasteiger partial charge in [-0.05, 0) is 0 Å². The second-order valence-corrected chi connectivity index (χ2v) is 5.08. The molecule has 85 valence electrons. The Kier molecular flexibility index (Phi) is 3.85. The van der Waals surface area contributed by atoms with Crippen LogP contribution in [0.3, 0.4) is 0 Å². The molecule has 3 radical (unpaired) electrons. The van der Waals surface area contributed by atoms with Crippen molar-refractivity contribution in [3.63, 3.8) is 0 Å². The summed E-state index contributed by atoms with van der Waals surface area (Å²) in [5.41, 5.74) is -0.107. The average Bonchev–Trinajstić information content (AvgIpc) is 2.13. The molecule has 0 atom stereocenters. The molecule has 5 heteroatoms. The van der Waals surface area contributed by atoms with Crippen molar-refractivity contribution in [3.05, 3.63) is 11.6 Å². The average molecular weight is 282 g/mol. The van der Waals surface area contributed by atoms with E-state index < -0.39 is 0 Å². The molecule has 16 heavy (non-hydrogen) atoms. The Morgan fingerprint density at radius 3 is 2.38 bits per heavy atom. The molecule has 0 aromatic heterocycles. The van der Waals surface area contributed by atoms with Crippen molar-refractivity contribution in [2.45, 2.75) is 20.3 Å². The second-order valence-electron chi connectivity index (χ2n) is 4.03. The minimum absolute atomic E-state index is 0.107. The van der Waals surface area contributed by atoms with Gasteiger partial charge >= 0.3 is 102 Å². The Labute approximate surface area is 102 Å². The number of ketones is 1. The summed E-state index contributed by atoms with van der Waals surface area (Å²) in [6.07, 6.45) is 0.241. The molecule has 0 spiro atoms. The summed E-state index contributed by atoms with van der Waals surface area (Å²) < 4.78 is 0.199. The molecule has 0 aliphatic carbocycles. The van der Waals surface area contributed by atoms with E-state index in [1.165, 1.54) is 16.5 Å². The van der Waals surface area contributed by atoms with E-state index in [1.54, 1.807) is 0 Å². The van der Waals surface area contributed by atoms with Crippen LogP contribution in [0.5, 0.6) is 17.2 Å². The summed E-state index contributed by atoms with van der Waals surface area (Å²) in [6.45, 7) is 3.75. The number of phenols is 3. The number of Topliss-reactive ketones (excluding diaryl/α,β-unsaturated/α-hetero) is 1. The molecule has 0 fully saturated rings. The SMILES string of the molecule is CC(C)CC(=O)c1c(O)cc(O)[c]([Ge])c1O. The van der Waals surface area contributed by atoms with Crippen molar-refractivity contribution < 1.29 is 20.1 Å². The number of aromatic hydroxyl groups is 3. The zero-order valence-electron chi connectivity index (χ0n) is 9.11. The number of carbonyl (C=O) groups excluding carboxylic acids is 1. The Morgan fingerprint density at radius 1 is 1.31 bits per heavy atom. The van der Waals surface area contributed by atoms with E-state index in [-0.39, 0.29) is 45.3 Å². The molecule has 3 N–H and O–H groups in total. The molecular weight excluding hydrogens is 269 g/mol. The van der Waals surface area contributed by atoms with Gasteiger partial charge in [-0.1, -0.05) is 0 Å². The topological polar surface area (TPSA) is 77.8 Å². The van der Waals surface area contributed by atoms with Gasteiger partial charge in [-0.25, -0.2) is 0 Å². The van der Waals surface area contributed by atoms with Gasteiger partial charge in [0, 0.05) is 0 Å². The normalized spacial score (nSPS) is 10.8. The summed E-state index contributed by atoms with van der Waals surface area (Å²) in [7, 11) is 0. The van der Waals surface area contributed by atoms with Gasteiger partial charge in [0.05, 0.1) is 0 Å². The van der Waals surface area contributed by atoms with E-state index in [2.05, 4.69) is 0 Å². The van der Waals surface area contributed by atoms with Crippen molar-refractivity contribution in [2.75, 3.05) is 0 Å². The number of hydrogen-bond donors (Lipinski definition) is 3. The molecule has 0 heterocycles. The van der Waals surface area contributed by atoms with E-state index in [9.17, 15) is 20.1 Å². The van der Waals surface area contributed by atoms with E-state index in [0.717, 1.165) is 6.07 Å². The fraction of sp³-hybridized carbons (Fsp3) is 0.364. The summed E-state index contributed by atoms with van der Waals surface area (Å²) in [4.78, 5) is 11.8. The van der Waals surface area contributed by atoms with Crippen LogP contribution in [0, 0.1) is 5.92 Å². The molecule has 0 bridgehead atoms. The Balaban J connectivity index is 3.24. The molecule has 0 saturated carbocycles. The third-order valence-corrected chi connectivity index (χ3v) is 3.17. The molecule has 0 amide bonds. The van der Waals surface area contributed by atoms with Gasteiger partial charge in [0.25, 0.3) is 0 Å². The molecule has 4 nitrogen and oxygen atoms in total. The van der Waals surface area contributed by atoms with Crippen molar-refractivity contribution in [2.24, 2.45) is 5.92 Å². The summed E-state index contributed by atoms with van der Waals surface area (Å²) in [5.74, 6) is -1.14. The van der Waals surface area contributed by atoms with Crippen molar-refractivity contribution in [3.8, 4) is 17.2 Å². The first-order valence-corrected chi connectivity index (χ1v) is 5.92. The van der Waals surface area contributed by atoms with Crippen LogP contribution in [-0.2, 0) is 0 Å². The first-order valence-electron chi connectivity index (χ1n) is 4.87. The van der Waals surface area contributed by atoms with E-state index in [4.69, 9.17) is 0 Å². The molecule has 0 saturated heterocycles. The van der Waals surface area contributed by atoms with Crippen LogP contribution < -0.4 is 4.40 Å². The quantitative estimate of drug-likeness (QED) is 0.566. The molecule has 0 aliphatic rings. The van der Waals surface area contributed by atoms with Gasteiger partial charge in [-0.3, -0.25) is 0 Å². The zero-order chi connectivity index (χ0) is 12.5. The molecule has 1 aromatic rings. The van der Waals surface area contributed by atoms with Crippen LogP contribution in [0.1, 0.15) is 30.6 Å². The van der Waals surface area contributed by atoms with Gasteiger partial charge in [0.1, 0.15) is 0 Å². The van der Waals surface area contributed by atoms with E-state index in [0.29, 0.717) is 0 Å². The van der Waals surface area contributed by atoms with Crippen molar-refractivity contribution in [1.82, 2.24) is 0 Å². The van der Waals surface area contributed by atoms with Gasteiger partial charge in [0.2, 0.25) is 0 Å². The molecule has 1 aromatic carbocycles. The predicted octanol–water partition coefficient (Wildman–Crippen LogP) is 0.826. The molecule has 0 unspecified atom stereocenters. The maximum atomic E-state index is 11.8. The van der Waals surface area contributed by atoms with Crippen LogP contribution in [0.15, 0.2) is 6.07 Å². The van der Waals surface area contributed by atoms with Gasteiger partial charge in [0.15, 0.2) is 0 Å². The van der Waals surface area contributed by atoms with Gasteiger partial charge < -0.3 is 0 Å². The van der Waals surface area contributed by atoms with Crippen LogP contribution in [0.25, 0.3) is 0 Å². The zero-order valence-corrected chi connectivity index (χ0v) is 11.2. The fourth-order valence-electron chi connectivity index (χ4n) is 1.39. The molecule has 0 aliphatic heterocycles. The molecular formula is C11H13GeO4. The van der Waals surface area contributed by atoms with E-state index >= 15 is 0 Å². The van der Waals surface area contributed by atoms with Crippen LogP contribution in [0.4, 0.5) is 0 Å². The maximum absolute atomic E-state index is 11.8. The predicted molar refractivity (Wildman–Crippen MR) is 60.6 cm³/mol. The number of benzene rings is 1. The third kappa shape index (κ3) is 2.50. The monoisotopic (exact) mass is 283 g/mol. The Morgan fingerprint density at radius 2 is 1.88 bits per heavy atom. The van der Waals surface area contributed by atoms with Crippen molar-refractivity contribution >= 4 is 26.7 Å². The van der Waals surface area contributed by atoms with Gasteiger partial charge in [-0.15, -0.1) is 0 Å². The number of phenolic OH excluding ortho intramolecular Hbond substituents is 3. The van der Waals surface area contributed by atoms with Crippen LogP contribution in [0.2, 0.25) is 0 Å². The Bertz CT molecular complexity index is 426. The third-order valence-electron chi connectivity index (χ3n) is 2.13. The first kappa shape index (κ1) is 12.9. The number of hydrogen-bond acceptors (Lipinski definition) is 4. The number of rotatable bonds is 3. The number of carbonyl (C=O) groups is 1. The first-order chi connectivity index (χ1) is 7.34. The Hall–Kier alpha value is -1.17. The standard InChI is InChI=1S/C11H13GeO4/c1-5(2)3-6(13)9-7(14)4-8(15)10(12)11(9)16/h4-5,14-16H,3H2,1-2H3. The summed E-state index contributed by atoms with van der Waals surface area (Å²) in [6, 6.07) is 1.07. The van der Waals surface area contributed by atoms with E-state index in [1.807, 2.05) is 13.8 Å². The summed E-state index contributed by atoms with van der Waals surface area (Å²) in [5, 5.41) is 28.6. The fourth-order valence-corrected chi connectivity index (χ4v) is 1.80. The minimum atomic E-state index is -0.383. The molecule has 1 rings (SSSR count). The van der Waals surface area contributed by atoms with Gasteiger partial charge in [-0.2, -0.15) is 0 Å². The van der Waals surface area contributed by atoms with Crippen LogP contribution >= 0.6 is 0 Å².